The highest BCUT2D eigenvalue weighted by Gasteiger charge is 2.17. The van der Waals surface area contributed by atoms with Gasteiger partial charge in [0, 0.05) is 48.2 Å². The van der Waals surface area contributed by atoms with Crippen molar-refractivity contribution < 1.29 is 4.39 Å². The van der Waals surface area contributed by atoms with E-state index in [-0.39, 0.29) is 5.82 Å². The number of anilines is 1. The van der Waals surface area contributed by atoms with Crippen LogP contribution in [-0.4, -0.2) is 38.2 Å². The zero-order chi connectivity index (χ0) is 18.9. The van der Waals surface area contributed by atoms with E-state index in [1.807, 2.05) is 18.2 Å². The number of pyridine rings is 1. The Bertz CT molecular complexity index is 1120. The fourth-order valence-electron chi connectivity index (χ4n) is 3.76. The molecule has 0 spiro atoms. The number of hydrogen-bond donors (Lipinski definition) is 1. The molecule has 0 bridgehead atoms. The summed E-state index contributed by atoms with van der Waals surface area (Å²) in [6.07, 6.45) is 10.3. The molecule has 0 atom stereocenters. The van der Waals surface area contributed by atoms with Gasteiger partial charge in [-0.2, -0.15) is 5.10 Å². The van der Waals surface area contributed by atoms with Crippen LogP contribution in [-0.2, 0) is 0 Å². The molecule has 1 N–H and O–H groups in total. The first-order valence-corrected chi connectivity index (χ1v) is 9.45. The Morgan fingerprint density at radius 2 is 1.82 bits per heavy atom. The molecule has 0 radical (unpaired) electrons. The van der Waals surface area contributed by atoms with Crippen molar-refractivity contribution in [1.82, 2.24) is 25.1 Å². The summed E-state index contributed by atoms with van der Waals surface area (Å²) in [5.41, 5.74) is 3.33. The number of nitrogens with one attached hydrogen (secondary N) is 1. The molecule has 140 valence electrons. The average molecular weight is 374 g/mol. The summed E-state index contributed by atoms with van der Waals surface area (Å²) in [5, 5.41) is 7.93. The number of H-pyrrole nitrogens is 1. The van der Waals surface area contributed by atoms with Crippen molar-refractivity contribution in [2.75, 3.05) is 18.0 Å². The van der Waals surface area contributed by atoms with Crippen LogP contribution in [0, 0.1) is 5.82 Å². The molecule has 1 aliphatic rings. The normalized spacial score (nSPS) is 14.5. The quantitative estimate of drug-likeness (QED) is 0.582. The second kappa shape index (κ2) is 6.99. The third kappa shape index (κ3) is 2.98. The van der Waals surface area contributed by atoms with Crippen molar-refractivity contribution >= 4 is 16.7 Å². The Morgan fingerprint density at radius 3 is 2.64 bits per heavy atom. The average Bonchev–Trinajstić information content (AvgIpc) is 3.20. The van der Waals surface area contributed by atoms with Crippen molar-refractivity contribution in [3.8, 4) is 22.5 Å². The van der Waals surface area contributed by atoms with Gasteiger partial charge in [-0.15, -0.1) is 0 Å². The van der Waals surface area contributed by atoms with Gasteiger partial charge in [0.05, 0.1) is 17.6 Å². The van der Waals surface area contributed by atoms with Gasteiger partial charge >= 0.3 is 0 Å². The number of fused-ring (bicyclic) bond motifs is 1. The van der Waals surface area contributed by atoms with Crippen molar-refractivity contribution in [2.45, 2.75) is 19.3 Å². The van der Waals surface area contributed by atoms with Gasteiger partial charge in [-0.05, 0) is 43.5 Å². The lowest BCUT2D eigenvalue weighted by molar-refractivity contribution is 0.573. The summed E-state index contributed by atoms with van der Waals surface area (Å²) in [6, 6.07) is 7.32. The third-order valence-electron chi connectivity index (χ3n) is 5.19. The first-order chi connectivity index (χ1) is 13.8. The molecule has 0 unspecified atom stereocenters. The number of aromatic amines is 1. The van der Waals surface area contributed by atoms with Crippen molar-refractivity contribution in [1.29, 1.82) is 0 Å². The Kier molecular flexibility index (Phi) is 4.20. The number of benzene rings is 1. The van der Waals surface area contributed by atoms with Gasteiger partial charge in [-0.3, -0.25) is 15.1 Å². The number of hydrogen-bond acceptors (Lipinski definition) is 5. The highest BCUT2D eigenvalue weighted by atomic mass is 19.1. The van der Waals surface area contributed by atoms with Gasteiger partial charge in [-0.25, -0.2) is 9.37 Å². The molecule has 0 amide bonds. The van der Waals surface area contributed by atoms with Crippen LogP contribution < -0.4 is 4.90 Å². The number of nitrogens with zero attached hydrogens (tertiary/aromatic N) is 5. The number of piperidine rings is 1. The molecule has 1 aromatic carbocycles. The molecule has 3 aromatic heterocycles. The summed E-state index contributed by atoms with van der Waals surface area (Å²) < 4.78 is 14.7. The van der Waals surface area contributed by atoms with E-state index in [4.69, 9.17) is 0 Å². The maximum atomic E-state index is 14.7. The Balaban J connectivity index is 1.60. The monoisotopic (exact) mass is 374 g/mol. The molecule has 0 aliphatic carbocycles. The highest BCUT2D eigenvalue weighted by Crippen LogP contribution is 2.32. The van der Waals surface area contributed by atoms with E-state index in [1.54, 1.807) is 24.8 Å². The molecule has 4 aromatic rings. The van der Waals surface area contributed by atoms with Crippen LogP contribution in [0.25, 0.3) is 33.4 Å². The van der Waals surface area contributed by atoms with Crippen molar-refractivity contribution in [3.63, 3.8) is 0 Å². The molecule has 4 heterocycles. The SMILES string of the molecule is Fc1cc(-c2cnccn2)cc2c(-c3ccnc(N4CCCCC4)c3)[nH]nc12. The van der Waals surface area contributed by atoms with E-state index in [1.165, 1.54) is 25.3 Å². The van der Waals surface area contributed by atoms with Crippen molar-refractivity contribution in [2.24, 2.45) is 0 Å². The zero-order valence-corrected chi connectivity index (χ0v) is 15.3. The number of aromatic nitrogens is 5. The summed E-state index contributed by atoms with van der Waals surface area (Å²) in [5.74, 6) is 0.566. The highest BCUT2D eigenvalue weighted by molar-refractivity contribution is 5.96. The van der Waals surface area contributed by atoms with Crippen LogP contribution in [0.4, 0.5) is 10.2 Å². The molecule has 28 heavy (non-hydrogen) atoms. The molecular weight excluding hydrogens is 355 g/mol. The molecular formula is C21H19FN6. The van der Waals surface area contributed by atoms with Gasteiger partial charge < -0.3 is 4.90 Å². The Morgan fingerprint density at radius 1 is 0.929 bits per heavy atom. The predicted molar refractivity (Wildman–Crippen MR) is 106 cm³/mol. The Hall–Kier alpha value is -3.35. The van der Waals surface area contributed by atoms with E-state index >= 15 is 0 Å². The predicted octanol–water partition coefficient (Wildman–Crippen LogP) is 4.21. The molecule has 0 saturated carbocycles. The second-order valence-corrected chi connectivity index (χ2v) is 6.99. The van der Waals surface area contributed by atoms with E-state index in [0.29, 0.717) is 16.8 Å². The fourth-order valence-corrected chi connectivity index (χ4v) is 3.76. The largest absolute Gasteiger partial charge is 0.357 e. The summed E-state index contributed by atoms with van der Waals surface area (Å²) >= 11 is 0. The number of rotatable bonds is 3. The van der Waals surface area contributed by atoms with Gasteiger partial charge in [0.25, 0.3) is 0 Å². The van der Waals surface area contributed by atoms with Crippen LogP contribution in [0.1, 0.15) is 19.3 Å². The lowest BCUT2D eigenvalue weighted by atomic mass is 10.0. The molecule has 1 fully saturated rings. The topological polar surface area (TPSA) is 70.6 Å². The minimum absolute atomic E-state index is 0.318. The molecule has 5 rings (SSSR count). The molecule has 7 heteroatoms. The zero-order valence-electron chi connectivity index (χ0n) is 15.3. The van der Waals surface area contributed by atoms with Gasteiger partial charge in [0.2, 0.25) is 0 Å². The van der Waals surface area contributed by atoms with Crippen LogP contribution in [0.5, 0.6) is 0 Å². The Labute approximate surface area is 161 Å². The smallest absolute Gasteiger partial charge is 0.151 e. The molecule has 1 aliphatic heterocycles. The van der Waals surface area contributed by atoms with Gasteiger partial charge in [0.1, 0.15) is 11.3 Å². The van der Waals surface area contributed by atoms with Gasteiger partial charge in [0.15, 0.2) is 5.82 Å². The van der Waals surface area contributed by atoms with Crippen LogP contribution in [0.2, 0.25) is 0 Å². The summed E-state index contributed by atoms with van der Waals surface area (Å²) in [6.45, 7) is 2.04. The van der Waals surface area contributed by atoms with E-state index < -0.39 is 0 Å². The van der Waals surface area contributed by atoms with E-state index in [0.717, 1.165) is 35.6 Å². The second-order valence-electron chi connectivity index (χ2n) is 6.99. The first kappa shape index (κ1) is 16.8. The van der Waals surface area contributed by atoms with E-state index in [2.05, 4.69) is 30.0 Å². The maximum absolute atomic E-state index is 14.7. The molecule has 6 nitrogen and oxygen atoms in total. The fraction of sp³-hybridized carbons (Fsp3) is 0.238. The van der Waals surface area contributed by atoms with Crippen LogP contribution >= 0.6 is 0 Å². The number of halogens is 1. The van der Waals surface area contributed by atoms with E-state index in [9.17, 15) is 4.39 Å². The molecule has 1 saturated heterocycles. The van der Waals surface area contributed by atoms with Crippen molar-refractivity contribution in [3.05, 3.63) is 54.9 Å². The van der Waals surface area contributed by atoms with Gasteiger partial charge in [-0.1, -0.05) is 0 Å². The van der Waals surface area contributed by atoms with Crippen LogP contribution in [0.3, 0.4) is 0 Å². The standard InChI is InChI=1S/C21H19FN6/c22-17-11-15(18-13-23-6-7-24-18)10-16-20(26-27-21(16)17)14-4-5-25-19(12-14)28-8-2-1-3-9-28/h4-7,10-13H,1-3,8-9H2,(H,26,27). The summed E-state index contributed by atoms with van der Waals surface area (Å²) in [7, 11) is 0. The lowest BCUT2D eigenvalue weighted by Crippen LogP contribution is -2.30. The minimum atomic E-state index is -0.383. The summed E-state index contributed by atoms with van der Waals surface area (Å²) in [4.78, 5) is 15.2. The van der Waals surface area contributed by atoms with Crippen LogP contribution in [0.15, 0.2) is 49.1 Å². The first-order valence-electron chi connectivity index (χ1n) is 9.45. The minimum Gasteiger partial charge on any atom is -0.357 e. The third-order valence-corrected chi connectivity index (χ3v) is 5.19. The lowest BCUT2D eigenvalue weighted by Gasteiger charge is -2.27. The maximum Gasteiger partial charge on any atom is 0.151 e.